The first kappa shape index (κ1) is 11.7. The quantitative estimate of drug-likeness (QED) is 0.615. The normalized spacial score (nSPS) is 12.4. The van der Waals surface area contributed by atoms with Gasteiger partial charge in [-0.15, -0.1) is 0 Å². The van der Waals surface area contributed by atoms with Gasteiger partial charge in [0.05, 0.1) is 6.04 Å². The molecule has 0 amide bonds. The maximum absolute atomic E-state index is 5.56. The molecule has 3 N–H and O–H groups in total. The molecular formula is C13H16N4. The predicted molar refractivity (Wildman–Crippen MR) is 67.0 cm³/mol. The predicted octanol–water partition coefficient (Wildman–Crippen LogP) is 1.53. The van der Waals surface area contributed by atoms with E-state index in [0.29, 0.717) is 0 Å². The summed E-state index contributed by atoms with van der Waals surface area (Å²) in [6, 6.07) is 10.1. The first-order chi connectivity index (χ1) is 8.29. The summed E-state index contributed by atoms with van der Waals surface area (Å²) in [5.41, 5.74) is 5.01. The molecule has 0 aliphatic heterocycles. The Balaban J connectivity index is 2.14. The molecule has 2 rings (SSSR count). The molecule has 0 saturated carbocycles. The van der Waals surface area contributed by atoms with Crippen LogP contribution in [0.1, 0.15) is 23.0 Å². The summed E-state index contributed by atoms with van der Waals surface area (Å²) in [6.45, 7) is 1.96. The van der Waals surface area contributed by atoms with E-state index < -0.39 is 0 Å². The monoisotopic (exact) mass is 228 g/mol. The SMILES string of the molecule is Cc1cnc(C(Cc2ccccc2)NN)nc1. The lowest BCUT2D eigenvalue weighted by molar-refractivity contribution is 0.522. The summed E-state index contributed by atoms with van der Waals surface area (Å²) in [4.78, 5) is 8.58. The van der Waals surface area contributed by atoms with E-state index in [4.69, 9.17) is 5.84 Å². The lowest BCUT2D eigenvalue weighted by Gasteiger charge is -2.14. The van der Waals surface area contributed by atoms with Crippen LogP contribution >= 0.6 is 0 Å². The summed E-state index contributed by atoms with van der Waals surface area (Å²) in [7, 11) is 0. The van der Waals surface area contributed by atoms with Crippen LogP contribution in [-0.2, 0) is 6.42 Å². The number of hydrogen-bond donors (Lipinski definition) is 2. The molecule has 1 atom stereocenters. The number of nitrogens with one attached hydrogen (secondary N) is 1. The zero-order valence-electron chi connectivity index (χ0n) is 9.80. The molecule has 0 aliphatic rings. The number of hydrazine groups is 1. The Morgan fingerprint density at radius 1 is 1.18 bits per heavy atom. The molecule has 0 saturated heterocycles. The molecule has 0 bridgehead atoms. The summed E-state index contributed by atoms with van der Waals surface area (Å²) in [5, 5.41) is 0. The number of aryl methyl sites for hydroxylation is 1. The average Bonchev–Trinajstić information content (AvgIpc) is 2.38. The summed E-state index contributed by atoms with van der Waals surface area (Å²) in [5.74, 6) is 6.28. The Morgan fingerprint density at radius 2 is 1.82 bits per heavy atom. The second kappa shape index (κ2) is 5.52. The molecule has 1 heterocycles. The van der Waals surface area contributed by atoms with Crippen LogP contribution in [0.2, 0.25) is 0 Å². The molecule has 0 fully saturated rings. The largest absolute Gasteiger partial charge is 0.271 e. The standard InChI is InChI=1S/C13H16N4/c1-10-8-15-13(16-9-10)12(17-14)7-11-5-3-2-4-6-11/h2-6,8-9,12,17H,7,14H2,1H3. The van der Waals surface area contributed by atoms with Crippen LogP contribution in [0.5, 0.6) is 0 Å². The van der Waals surface area contributed by atoms with Crippen LogP contribution in [0.25, 0.3) is 0 Å². The van der Waals surface area contributed by atoms with Gasteiger partial charge in [0.25, 0.3) is 0 Å². The molecule has 4 nitrogen and oxygen atoms in total. The van der Waals surface area contributed by atoms with Gasteiger partial charge in [-0.05, 0) is 24.5 Å². The Kier molecular flexibility index (Phi) is 3.80. The molecular weight excluding hydrogens is 212 g/mol. The summed E-state index contributed by atoms with van der Waals surface area (Å²) in [6.07, 6.45) is 4.38. The first-order valence-corrected chi connectivity index (χ1v) is 5.58. The summed E-state index contributed by atoms with van der Waals surface area (Å²) < 4.78 is 0. The number of benzene rings is 1. The van der Waals surface area contributed by atoms with Crippen molar-refractivity contribution in [1.82, 2.24) is 15.4 Å². The van der Waals surface area contributed by atoms with Gasteiger partial charge in [-0.25, -0.2) is 15.4 Å². The minimum absolute atomic E-state index is 0.0574. The van der Waals surface area contributed by atoms with Gasteiger partial charge in [-0.2, -0.15) is 0 Å². The Morgan fingerprint density at radius 3 is 2.41 bits per heavy atom. The topological polar surface area (TPSA) is 63.8 Å². The lowest BCUT2D eigenvalue weighted by Crippen LogP contribution is -2.31. The highest BCUT2D eigenvalue weighted by Gasteiger charge is 2.12. The maximum atomic E-state index is 5.56. The minimum Gasteiger partial charge on any atom is -0.271 e. The Bertz CT molecular complexity index is 453. The van der Waals surface area contributed by atoms with Crippen molar-refractivity contribution in [2.24, 2.45) is 5.84 Å². The molecule has 17 heavy (non-hydrogen) atoms. The van der Waals surface area contributed by atoms with Gasteiger partial charge < -0.3 is 0 Å². The fourth-order valence-corrected chi connectivity index (χ4v) is 1.66. The van der Waals surface area contributed by atoms with E-state index in [9.17, 15) is 0 Å². The highest BCUT2D eigenvalue weighted by molar-refractivity contribution is 5.17. The fourth-order valence-electron chi connectivity index (χ4n) is 1.66. The van der Waals surface area contributed by atoms with Gasteiger partial charge in [0, 0.05) is 12.4 Å². The van der Waals surface area contributed by atoms with Gasteiger partial charge in [-0.1, -0.05) is 30.3 Å². The van der Waals surface area contributed by atoms with Crippen molar-refractivity contribution in [2.75, 3.05) is 0 Å². The van der Waals surface area contributed by atoms with Crippen LogP contribution in [-0.4, -0.2) is 9.97 Å². The third-order valence-electron chi connectivity index (χ3n) is 2.60. The van der Waals surface area contributed by atoms with Gasteiger partial charge in [-0.3, -0.25) is 5.84 Å². The molecule has 4 heteroatoms. The molecule has 1 aromatic carbocycles. The Labute approximate surface area is 101 Å². The van der Waals surface area contributed by atoms with E-state index in [0.717, 1.165) is 17.8 Å². The van der Waals surface area contributed by atoms with Gasteiger partial charge in [0.1, 0.15) is 5.82 Å². The maximum Gasteiger partial charge on any atom is 0.146 e. The minimum atomic E-state index is -0.0574. The van der Waals surface area contributed by atoms with Gasteiger partial charge in [0.15, 0.2) is 0 Å². The molecule has 2 aromatic rings. The van der Waals surface area contributed by atoms with Crippen molar-refractivity contribution in [3.05, 3.63) is 59.7 Å². The number of aromatic nitrogens is 2. The molecule has 0 spiro atoms. The van der Waals surface area contributed by atoms with Gasteiger partial charge in [0.2, 0.25) is 0 Å². The average molecular weight is 228 g/mol. The van der Waals surface area contributed by atoms with E-state index in [1.807, 2.05) is 25.1 Å². The smallest absolute Gasteiger partial charge is 0.146 e. The van der Waals surface area contributed by atoms with E-state index in [2.05, 4.69) is 27.5 Å². The van der Waals surface area contributed by atoms with Crippen LogP contribution in [0.4, 0.5) is 0 Å². The van der Waals surface area contributed by atoms with E-state index in [-0.39, 0.29) is 6.04 Å². The number of nitrogens with zero attached hydrogens (tertiary/aromatic N) is 2. The molecule has 1 unspecified atom stereocenters. The molecule has 1 aromatic heterocycles. The number of rotatable bonds is 4. The summed E-state index contributed by atoms with van der Waals surface area (Å²) >= 11 is 0. The van der Waals surface area contributed by atoms with Crippen LogP contribution < -0.4 is 11.3 Å². The third kappa shape index (κ3) is 3.09. The Hall–Kier alpha value is -1.78. The van der Waals surface area contributed by atoms with Crippen molar-refractivity contribution < 1.29 is 0 Å². The van der Waals surface area contributed by atoms with Crippen molar-refractivity contribution in [3.8, 4) is 0 Å². The van der Waals surface area contributed by atoms with E-state index in [1.54, 1.807) is 12.4 Å². The molecule has 0 aliphatic carbocycles. The van der Waals surface area contributed by atoms with E-state index >= 15 is 0 Å². The second-order valence-corrected chi connectivity index (χ2v) is 4.03. The third-order valence-corrected chi connectivity index (χ3v) is 2.60. The lowest BCUT2D eigenvalue weighted by atomic mass is 10.1. The zero-order valence-corrected chi connectivity index (χ0v) is 9.80. The van der Waals surface area contributed by atoms with Crippen LogP contribution in [0.3, 0.4) is 0 Å². The second-order valence-electron chi connectivity index (χ2n) is 4.03. The fraction of sp³-hybridized carbons (Fsp3) is 0.231. The zero-order chi connectivity index (χ0) is 12.1. The van der Waals surface area contributed by atoms with Crippen LogP contribution in [0.15, 0.2) is 42.7 Å². The van der Waals surface area contributed by atoms with Crippen molar-refractivity contribution in [3.63, 3.8) is 0 Å². The first-order valence-electron chi connectivity index (χ1n) is 5.58. The van der Waals surface area contributed by atoms with Crippen molar-refractivity contribution >= 4 is 0 Å². The highest BCUT2D eigenvalue weighted by Crippen LogP contribution is 2.13. The number of nitrogens with two attached hydrogens (primary N) is 1. The number of hydrogen-bond acceptors (Lipinski definition) is 4. The van der Waals surface area contributed by atoms with E-state index in [1.165, 1.54) is 5.56 Å². The molecule has 0 radical (unpaired) electrons. The van der Waals surface area contributed by atoms with Crippen molar-refractivity contribution in [1.29, 1.82) is 0 Å². The molecule has 88 valence electrons. The highest BCUT2D eigenvalue weighted by atomic mass is 15.2. The van der Waals surface area contributed by atoms with Crippen molar-refractivity contribution in [2.45, 2.75) is 19.4 Å². The van der Waals surface area contributed by atoms with Crippen LogP contribution in [0, 0.1) is 6.92 Å². The van der Waals surface area contributed by atoms with Gasteiger partial charge >= 0.3 is 0 Å².